The third kappa shape index (κ3) is 1.77. The number of nitrogens with two attached hydrogens (primary N) is 1. The number of aryl methyl sites for hydroxylation is 1. The number of hydrogen-bond donors (Lipinski definition) is 3. The van der Waals surface area contributed by atoms with Gasteiger partial charge in [0.15, 0.2) is 17.3 Å². The fraction of sp³-hybridized carbons (Fsp3) is 0.182. The Morgan fingerprint density at radius 3 is 2.71 bits per heavy atom. The zero-order valence-electron chi connectivity index (χ0n) is 9.41. The third-order valence-electron chi connectivity index (χ3n) is 2.48. The summed E-state index contributed by atoms with van der Waals surface area (Å²) in [7, 11) is 1.29. The van der Waals surface area contributed by atoms with Crippen LogP contribution in [0, 0.1) is 12.7 Å². The smallest absolute Gasteiger partial charge is 0.197 e. The van der Waals surface area contributed by atoms with E-state index in [0.717, 1.165) is 0 Å². The molecule has 4 N–H and O–H groups in total. The predicted molar refractivity (Wildman–Crippen MR) is 61.3 cm³/mol. The Balaban J connectivity index is 2.69. The number of phenolic OH excluding ortho intramolecular Hbond substituents is 1. The van der Waals surface area contributed by atoms with Crippen LogP contribution in [0.2, 0.25) is 0 Å². The highest BCUT2D eigenvalue weighted by Crippen LogP contribution is 2.40. The SMILES string of the molecule is COc1c(F)cc(C)c(-c2cc(N)n[nH]2)c1O. The lowest BCUT2D eigenvalue weighted by molar-refractivity contribution is 0.351. The van der Waals surface area contributed by atoms with Crippen LogP contribution in [0.3, 0.4) is 0 Å². The molecule has 0 saturated carbocycles. The second-order valence-electron chi connectivity index (χ2n) is 3.64. The van der Waals surface area contributed by atoms with Crippen molar-refractivity contribution in [2.24, 2.45) is 0 Å². The molecule has 1 heterocycles. The summed E-state index contributed by atoms with van der Waals surface area (Å²) in [6.07, 6.45) is 0. The van der Waals surface area contributed by atoms with Gasteiger partial charge >= 0.3 is 0 Å². The van der Waals surface area contributed by atoms with Crippen LogP contribution in [0.15, 0.2) is 12.1 Å². The number of anilines is 1. The minimum atomic E-state index is -0.612. The number of aromatic amines is 1. The Morgan fingerprint density at radius 1 is 1.47 bits per heavy atom. The summed E-state index contributed by atoms with van der Waals surface area (Å²) in [5.41, 5.74) is 6.98. The maximum absolute atomic E-state index is 13.5. The zero-order valence-corrected chi connectivity index (χ0v) is 9.41. The second kappa shape index (κ2) is 3.97. The number of ether oxygens (including phenoxy) is 1. The zero-order chi connectivity index (χ0) is 12.6. The number of aromatic hydroxyl groups is 1. The first-order valence-corrected chi connectivity index (χ1v) is 4.92. The minimum absolute atomic E-state index is 0.196. The van der Waals surface area contributed by atoms with Crippen molar-refractivity contribution < 1.29 is 14.2 Å². The lowest BCUT2D eigenvalue weighted by Crippen LogP contribution is -1.94. The summed E-state index contributed by atoms with van der Waals surface area (Å²) in [6, 6.07) is 2.84. The van der Waals surface area contributed by atoms with E-state index in [1.165, 1.54) is 13.2 Å². The highest BCUT2D eigenvalue weighted by Gasteiger charge is 2.19. The topological polar surface area (TPSA) is 84.2 Å². The molecule has 0 bridgehead atoms. The Morgan fingerprint density at radius 2 is 2.18 bits per heavy atom. The van der Waals surface area contributed by atoms with E-state index < -0.39 is 5.82 Å². The van der Waals surface area contributed by atoms with Crippen molar-refractivity contribution in [3.63, 3.8) is 0 Å². The van der Waals surface area contributed by atoms with Crippen molar-refractivity contribution in [2.45, 2.75) is 6.92 Å². The van der Waals surface area contributed by atoms with Crippen LogP contribution in [0.25, 0.3) is 11.3 Å². The first-order chi connectivity index (χ1) is 8.04. The summed E-state index contributed by atoms with van der Waals surface area (Å²) >= 11 is 0. The molecule has 0 aliphatic carbocycles. The number of hydrogen-bond acceptors (Lipinski definition) is 4. The maximum atomic E-state index is 13.5. The second-order valence-corrected chi connectivity index (χ2v) is 3.64. The first-order valence-electron chi connectivity index (χ1n) is 4.92. The number of aromatic nitrogens is 2. The minimum Gasteiger partial charge on any atom is -0.504 e. The molecule has 1 aromatic carbocycles. The number of rotatable bonds is 2. The van der Waals surface area contributed by atoms with Crippen LogP contribution in [0.4, 0.5) is 10.2 Å². The fourth-order valence-corrected chi connectivity index (χ4v) is 1.74. The van der Waals surface area contributed by atoms with Crippen molar-refractivity contribution in [1.29, 1.82) is 0 Å². The van der Waals surface area contributed by atoms with E-state index in [2.05, 4.69) is 10.2 Å². The van der Waals surface area contributed by atoms with Gasteiger partial charge in [-0.1, -0.05) is 0 Å². The van der Waals surface area contributed by atoms with E-state index in [-0.39, 0.29) is 11.5 Å². The van der Waals surface area contributed by atoms with Gasteiger partial charge in [0.05, 0.1) is 12.8 Å². The van der Waals surface area contributed by atoms with Crippen LogP contribution in [-0.4, -0.2) is 22.4 Å². The normalized spacial score (nSPS) is 10.5. The molecular weight excluding hydrogens is 225 g/mol. The number of halogens is 1. The van der Waals surface area contributed by atoms with Crippen molar-refractivity contribution in [2.75, 3.05) is 12.8 Å². The van der Waals surface area contributed by atoms with Gasteiger partial charge in [0.25, 0.3) is 0 Å². The lowest BCUT2D eigenvalue weighted by atomic mass is 10.0. The van der Waals surface area contributed by atoms with Crippen LogP contribution in [-0.2, 0) is 0 Å². The van der Waals surface area contributed by atoms with E-state index in [4.69, 9.17) is 10.5 Å². The molecule has 0 aliphatic heterocycles. The molecule has 0 spiro atoms. The molecule has 1 aromatic heterocycles. The molecule has 0 unspecified atom stereocenters. The highest BCUT2D eigenvalue weighted by atomic mass is 19.1. The number of benzene rings is 1. The quantitative estimate of drug-likeness (QED) is 0.743. The molecule has 6 heteroatoms. The molecule has 0 radical (unpaired) electrons. The molecule has 0 amide bonds. The molecule has 0 fully saturated rings. The molecule has 90 valence electrons. The lowest BCUT2D eigenvalue weighted by Gasteiger charge is -2.11. The van der Waals surface area contributed by atoms with E-state index in [9.17, 15) is 9.50 Å². The molecule has 2 rings (SSSR count). The summed E-state index contributed by atoms with van der Waals surface area (Å²) < 4.78 is 18.3. The molecule has 0 aliphatic rings. The number of methoxy groups -OCH3 is 1. The molecule has 2 aromatic rings. The first kappa shape index (κ1) is 11.3. The van der Waals surface area contributed by atoms with Crippen LogP contribution in [0.1, 0.15) is 5.56 Å². The fourth-order valence-electron chi connectivity index (χ4n) is 1.74. The van der Waals surface area contributed by atoms with Gasteiger partial charge in [-0.25, -0.2) is 4.39 Å². The molecular formula is C11H12FN3O2. The van der Waals surface area contributed by atoms with Gasteiger partial charge in [-0.05, 0) is 18.6 Å². The summed E-state index contributed by atoms with van der Waals surface area (Å²) in [5.74, 6) is -0.784. The highest BCUT2D eigenvalue weighted by molar-refractivity contribution is 5.75. The van der Waals surface area contributed by atoms with Gasteiger partial charge < -0.3 is 15.6 Å². The summed E-state index contributed by atoms with van der Waals surface area (Å²) in [6.45, 7) is 1.68. The van der Waals surface area contributed by atoms with Crippen LogP contribution < -0.4 is 10.5 Å². The van der Waals surface area contributed by atoms with Gasteiger partial charge in [-0.2, -0.15) is 5.10 Å². The number of nitrogens with one attached hydrogen (secondary N) is 1. The molecule has 0 atom stereocenters. The van der Waals surface area contributed by atoms with E-state index >= 15 is 0 Å². The molecule has 5 nitrogen and oxygen atoms in total. The number of nitrogen functional groups attached to an aromatic ring is 1. The predicted octanol–water partition coefficient (Wildman–Crippen LogP) is 1.82. The van der Waals surface area contributed by atoms with Gasteiger partial charge in [-0.3, -0.25) is 5.10 Å². The van der Waals surface area contributed by atoms with Crippen molar-refractivity contribution in [1.82, 2.24) is 10.2 Å². The molecule has 0 saturated heterocycles. The third-order valence-corrected chi connectivity index (χ3v) is 2.48. The Hall–Kier alpha value is -2.24. The monoisotopic (exact) mass is 237 g/mol. The number of nitrogens with zero attached hydrogens (tertiary/aromatic N) is 1. The average Bonchev–Trinajstić information content (AvgIpc) is 2.64. The van der Waals surface area contributed by atoms with Gasteiger partial charge in [0.2, 0.25) is 0 Å². The van der Waals surface area contributed by atoms with Crippen molar-refractivity contribution >= 4 is 5.82 Å². The Kier molecular flexibility index (Phi) is 2.63. The number of H-pyrrole nitrogens is 1. The standard InChI is InChI=1S/C11H12FN3O2/c1-5-3-6(12)11(17-2)10(16)9(5)7-4-8(13)15-14-7/h3-4,16H,1-2H3,(H3,13,14,15). The van der Waals surface area contributed by atoms with Crippen LogP contribution >= 0.6 is 0 Å². The van der Waals surface area contributed by atoms with Crippen molar-refractivity contribution in [3.05, 3.63) is 23.5 Å². The van der Waals surface area contributed by atoms with E-state index in [1.807, 2.05) is 0 Å². The summed E-state index contributed by atoms with van der Waals surface area (Å²) in [5, 5.41) is 16.4. The van der Waals surface area contributed by atoms with Gasteiger partial charge in [0, 0.05) is 11.6 Å². The largest absolute Gasteiger partial charge is 0.504 e. The number of phenols is 1. The Labute approximate surface area is 97.0 Å². The van der Waals surface area contributed by atoms with Gasteiger partial charge in [-0.15, -0.1) is 0 Å². The Bertz CT molecular complexity index is 566. The van der Waals surface area contributed by atoms with Crippen LogP contribution in [0.5, 0.6) is 11.5 Å². The average molecular weight is 237 g/mol. The van der Waals surface area contributed by atoms with Crippen molar-refractivity contribution in [3.8, 4) is 22.8 Å². The van der Waals surface area contributed by atoms with Gasteiger partial charge in [0.1, 0.15) is 5.82 Å². The van der Waals surface area contributed by atoms with E-state index in [1.54, 1.807) is 13.0 Å². The van der Waals surface area contributed by atoms with E-state index in [0.29, 0.717) is 22.6 Å². The summed E-state index contributed by atoms with van der Waals surface area (Å²) in [4.78, 5) is 0. The molecule has 17 heavy (non-hydrogen) atoms. The maximum Gasteiger partial charge on any atom is 0.197 e.